The molecule has 0 fully saturated rings. The number of carbonyl (C=O) groups is 2. The van der Waals surface area contributed by atoms with Gasteiger partial charge in [-0.15, -0.1) is 0 Å². The number of aryl methyl sites for hydroxylation is 1. The molecule has 0 spiro atoms. The molecule has 1 amide bonds. The summed E-state index contributed by atoms with van der Waals surface area (Å²) in [7, 11) is 1.45. The number of nitrogens with one attached hydrogen (secondary N) is 1. The van der Waals surface area contributed by atoms with E-state index in [2.05, 4.69) is 21.2 Å². The van der Waals surface area contributed by atoms with Gasteiger partial charge < -0.3 is 19.5 Å². The third-order valence-electron chi connectivity index (χ3n) is 3.87. The molecule has 0 radical (unpaired) electrons. The summed E-state index contributed by atoms with van der Waals surface area (Å²) in [5.41, 5.74) is 2.03. The first-order chi connectivity index (χ1) is 14.4. The van der Waals surface area contributed by atoms with Gasteiger partial charge in [-0.1, -0.05) is 28.1 Å². The third-order valence-corrected chi connectivity index (χ3v) is 4.56. The molecule has 8 heteroatoms. The number of nitriles is 1. The SMILES string of the molecule is CCOC(=O)COc1cc(Br)c(/C=C(/C#N)C(=O)Nc2cccc(C)c2)cc1OC. The zero-order valence-corrected chi connectivity index (χ0v) is 18.4. The van der Waals surface area contributed by atoms with Gasteiger partial charge in [0.05, 0.1) is 13.7 Å². The number of amides is 1. The zero-order valence-electron chi connectivity index (χ0n) is 16.8. The van der Waals surface area contributed by atoms with E-state index in [1.54, 1.807) is 25.1 Å². The van der Waals surface area contributed by atoms with E-state index in [-0.39, 0.29) is 18.8 Å². The van der Waals surface area contributed by atoms with Crippen molar-refractivity contribution in [2.45, 2.75) is 13.8 Å². The number of rotatable bonds is 8. The lowest BCUT2D eigenvalue weighted by molar-refractivity contribution is -0.145. The predicted octanol–water partition coefficient (Wildman–Crippen LogP) is 4.25. The highest BCUT2D eigenvalue weighted by Crippen LogP contribution is 2.34. The number of methoxy groups -OCH3 is 1. The van der Waals surface area contributed by atoms with Crippen molar-refractivity contribution in [2.75, 3.05) is 25.6 Å². The molecule has 0 saturated carbocycles. The maximum atomic E-state index is 12.5. The summed E-state index contributed by atoms with van der Waals surface area (Å²) in [6.45, 7) is 3.60. The Labute approximate surface area is 183 Å². The second kappa shape index (κ2) is 11.0. The zero-order chi connectivity index (χ0) is 22.1. The molecule has 0 unspecified atom stereocenters. The number of nitrogens with zero attached hydrogens (tertiary/aromatic N) is 1. The van der Waals surface area contributed by atoms with Crippen LogP contribution in [0.25, 0.3) is 6.08 Å². The van der Waals surface area contributed by atoms with Crippen LogP contribution in [0.4, 0.5) is 5.69 Å². The molecule has 0 aliphatic carbocycles. The maximum Gasteiger partial charge on any atom is 0.344 e. The smallest absolute Gasteiger partial charge is 0.344 e. The molecule has 2 aromatic carbocycles. The molecular formula is C22H21BrN2O5. The number of esters is 1. The summed E-state index contributed by atoms with van der Waals surface area (Å²) >= 11 is 3.39. The molecule has 0 saturated heterocycles. The molecule has 156 valence electrons. The van der Waals surface area contributed by atoms with Crippen molar-refractivity contribution < 1.29 is 23.8 Å². The lowest BCUT2D eigenvalue weighted by atomic mass is 10.1. The van der Waals surface area contributed by atoms with Crippen LogP contribution in [0.3, 0.4) is 0 Å². The second-order valence-electron chi connectivity index (χ2n) is 6.11. The Kier molecular flexibility index (Phi) is 8.44. The lowest BCUT2D eigenvalue weighted by Gasteiger charge is -2.12. The van der Waals surface area contributed by atoms with Crippen LogP contribution in [-0.4, -0.2) is 32.2 Å². The van der Waals surface area contributed by atoms with Gasteiger partial charge in [0.2, 0.25) is 0 Å². The maximum absolute atomic E-state index is 12.5. The Morgan fingerprint density at radius 1 is 1.23 bits per heavy atom. The van der Waals surface area contributed by atoms with Crippen molar-refractivity contribution in [3.05, 3.63) is 57.6 Å². The minimum absolute atomic E-state index is 0.0838. The van der Waals surface area contributed by atoms with Gasteiger partial charge in [-0.2, -0.15) is 5.26 Å². The largest absolute Gasteiger partial charge is 0.493 e. The number of hydrogen-bond donors (Lipinski definition) is 1. The number of ether oxygens (including phenoxy) is 3. The minimum atomic E-state index is -0.531. The van der Waals surface area contributed by atoms with E-state index in [9.17, 15) is 14.9 Å². The third kappa shape index (κ3) is 6.36. The fourth-order valence-corrected chi connectivity index (χ4v) is 2.94. The van der Waals surface area contributed by atoms with Crippen LogP contribution in [0.2, 0.25) is 0 Å². The van der Waals surface area contributed by atoms with Gasteiger partial charge in [-0.3, -0.25) is 4.79 Å². The Hall–Kier alpha value is -3.31. The molecule has 0 atom stereocenters. The number of carbonyl (C=O) groups excluding carboxylic acids is 2. The molecule has 2 aromatic rings. The summed E-state index contributed by atoms with van der Waals surface area (Å²) < 4.78 is 16.1. The van der Waals surface area contributed by atoms with Gasteiger partial charge in [0, 0.05) is 10.2 Å². The average molecular weight is 473 g/mol. The Morgan fingerprint density at radius 2 is 2.00 bits per heavy atom. The van der Waals surface area contributed by atoms with Crippen molar-refractivity contribution >= 4 is 39.6 Å². The molecule has 0 aromatic heterocycles. The highest BCUT2D eigenvalue weighted by Gasteiger charge is 2.15. The molecule has 0 aliphatic heterocycles. The van der Waals surface area contributed by atoms with Crippen LogP contribution < -0.4 is 14.8 Å². The van der Waals surface area contributed by atoms with E-state index in [0.717, 1.165) is 5.56 Å². The summed E-state index contributed by atoms with van der Waals surface area (Å²) in [4.78, 5) is 24.0. The minimum Gasteiger partial charge on any atom is -0.493 e. The van der Waals surface area contributed by atoms with E-state index >= 15 is 0 Å². The monoisotopic (exact) mass is 472 g/mol. The number of anilines is 1. The van der Waals surface area contributed by atoms with Gasteiger partial charge in [-0.25, -0.2) is 4.79 Å². The van der Waals surface area contributed by atoms with Crippen LogP contribution in [0.1, 0.15) is 18.1 Å². The highest BCUT2D eigenvalue weighted by atomic mass is 79.9. The van der Waals surface area contributed by atoms with E-state index in [4.69, 9.17) is 14.2 Å². The van der Waals surface area contributed by atoms with Gasteiger partial charge in [0.1, 0.15) is 11.6 Å². The molecule has 0 heterocycles. The Morgan fingerprint density at radius 3 is 2.63 bits per heavy atom. The molecule has 0 aliphatic rings. The first kappa shape index (κ1) is 23.0. The molecular weight excluding hydrogens is 452 g/mol. The fraction of sp³-hybridized carbons (Fsp3) is 0.227. The number of halogens is 1. The number of benzene rings is 2. The summed E-state index contributed by atoms with van der Waals surface area (Å²) in [6.07, 6.45) is 1.44. The van der Waals surface area contributed by atoms with Gasteiger partial charge in [0.15, 0.2) is 18.1 Å². The van der Waals surface area contributed by atoms with Crippen LogP contribution in [-0.2, 0) is 14.3 Å². The van der Waals surface area contributed by atoms with Crippen molar-refractivity contribution in [3.8, 4) is 17.6 Å². The molecule has 1 N–H and O–H groups in total. The van der Waals surface area contributed by atoms with Crippen molar-refractivity contribution in [1.29, 1.82) is 5.26 Å². The Bertz CT molecular complexity index is 1010. The van der Waals surface area contributed by atoms with E-state index in [0.29, 0.717) is 27.2 Å². The average Bonchev–Trinajstić information content (AvgIpc) is 2.71. The van der Waals surface area contributed by atoms with Crippen LogP contribution in [0, 0.1) is 18.3 Å². The standard InChI is InChI=1S/C22H21BrN2O5/c1-4-29-21(26)13-30-20-11-18(23)15(10-19(20)28-3)9-16(12-24)22(27)25-17-7-5-6-14(2)8-17/h5-11H,4,13H2,1-3H3,(H,25,27)/b16-9-. The predicted molar refractivity (Wildman–Crippen MR) is 116 cm³/mol. The van der Waals surface area contributed by atoms with Crippen LogP contribution in [0.5, 0.6) is 11.5 Å². The summed E-state index contributed by atoms with van der Waals surface area (Å²) in [6, 6.07) is 12.4. The molecule has 7 nitrogen and oxygen atoms in total. The van der Waals surface area contributed by atoms with Crippen LogP contribution in [0.15, 0.2) is 46.4 Å². The molecule has 2 rings (SSSR count). The van der Waals surface area contributed by atoms with Crippen molar-refractivity contribution in [3.63, 3.8) is 0 Å². The van der Waals surface area contributed by atoms with Crippen LogP contribution >= 0.6 is 15.9 Å². The molecule has 30 heavy (non-hydrogen) atoms. The van der Waals surface area contributed by atoms with Gasteiger partial charge >= 0.3 is 5.97 Å². The van der Waals surface area contributed by atoms with E-state index in [1.807, 2.05) is 31.2 Å². The first-order valence-corrected chi connectivity index (χ1v) is 9.83. The van der Waals surface area contributed by atoms with E-state index in [1.165, 1.54) is 13.2 Å². The van der Waals surface area contributed by atoms with Gasteiger partial charge in [-0.05, 0) is 55.3 Å². The highest BCUT2D eigenvalue weighted by molar-refractivity contribution is 9.10. The summed E-state index contributed by atoms with van der Waals surface area (Å²) in [5.74, 6) is -0.377. The quantitative estimate of drug-likeness (QED) is 0.350. The number of hydrogen-bond acceptors (Lipinski definition) is 6. The first-order valence-electron chi connectivity index (χ1n) is 9.03. The normalized spacial score (nSPS) is 10.7. The van der Waals surface area contributed by atoms with Gasteiger partial charge in [0.25, 0.3) is 5.91 Å². The van der Waals surface area contributed by atoms with Crippen molar-refractivity contribution in [1.82, 2.24) is 0 Å². The Balaban J connectivity index is 2.25. The second-order valence-corrected chi connectivity index (χ2v) is 6.97. The summed E-state index contributed by atoms with van der Waals surface area (Å²) in [5, 5.41) is 12.2. The molecule has 0 bridgehead atoms. The topological polar surface area (TPSA) is 97.7 Å². The van der Waals surface area contributed by atoms with E-state index < -0.39 is 11.9 Å². The van der Waals surface area contributed by atoms with Crippen molar-refractivity contribution in [2.24, 2.45) is 0 Å². The lowest BCUT2D eigenvalue weighted by Crippen LogP contribution is -2.15. The fourth-order valence-electron chi connectivity index (χ4n) is 2.50.